The van der Waals surface area contributed by atoms with Crippen LogP contribution < -0.4 is 21.2 Å². The van der Waals surface area contributed by atoms with Crippen molar-refractivity contribution in [3.8, 4) is 6.07 Å². The van der Waals surface area contributed by atoms with E-state index in [0.29, 0.717) is 28.7 Å². The molecule has 0 spiro atoms. The van der Waals surface area contributed by atoms with Crippen molar-refractivity contribution in [2.45, 2.75) is 71.4 Å². The molecule has 19 heteroatoms. The summed E-state index contributed by atoms with van der Waals surface area (Å²) in [6.07, 6.45) is -1.30. The number of nitriles is 1. The van der Waals surface area contributed by atoms with Crippen LogP contribution in [0.1, 0.15) is 62.9 Å². The zero-order chi connectivity index (χ0) is 37.3. The monoisotopic (exact) mass is 754 g/mol. The number of hydrogen-bond acceptors (Lipinski definition) is 12. The number of alkyl halides is 2. The van der Waals surface area contributed by atoms with Gasteiger partial charge < -0.3 is 35.3 Å². The van der Waals surface area contributed by atoms with Gasteiger partial charge in [-0.15, -0.1) is 5.53 Å². The maximum absolute atomic E-state index is 14.4. The summed E-state index contributed by atoms with van der Waals surface area (Å²) in [5.41, 5.74) is 6.07. The van der Waals surface area contributed by atoms with Gasteiger partial charge in [0.2, 0.25) is 12.4 Å². The number of phosphoric ester groups is 1. The van der Waals surface area contributed by atoms with E-state index in [9.17, 15) is 28.1 Å². The van der Waals surface area contributed by atoms with Crippen LogP contribution in [0, 0.1) is 29.6 Å². The van der Waals surface area contributed by atoms with Crippen LogP contribution in [-0.2, 0) is 13.8 Å². The molecule has 2 aromatic heterocycles. The summed E-state index contributed by atoms with van der Waals surface area (Å²) in [6, 6.07) is 6.71. The fraction of sp³-hybridized carbons (Fsp3) is 0.469. The van der Waals surface area contributed by atoms with E-state index in [1.807, 2.05) is 20.8 Å². The minimum atomic E-state index is -4.75. The number of aliphatic hydroxyl groups excluding tert-OH is 1. The summed E-state index contributed by atoms with van der Waals surface area (Å²) in [5, 5.41) is 26.9. The molecule has 1 aliphatic heterocycles. The van der Waals surface area contributed by atoms with Gasteiger partial charge in [0.1, 0.15) is 17.6 Å². The number of aryl methyl sites for hydroxylation is 1. The largest absolute Gasteiger partial charge is 0.469 e. The highest BCUT2D eigenvalue weighted by molar-refractivity contribution is 7.46. The molecule has 1 saturated carbocycles. The minimum Gasteiger partial charge on any atom is -0.383 e. The van der Waals surface area contributed by atoms with Gasteiger partial charge in [-0.1, -0.05) is 38.4 Å². The average Bonchev–Trinajstić information content (AvgIpc) is 3.71. The maximum atomic E-state index is 14.4. The molecule has 1 fully saturated rings. The zero-order valence-electron chi connectivity index (χ0n) is 28.2. The molecule has 51 heavy (non-hydrogen) atoms. The molecule has 6 N–H and O–H groups in total. The number of aromatic nitrogens is 2. The molecule has 5 rings (SSSR count). The molecule has 1 aliphatic carbocycles. The normalized spacial score (nSPS) is 16.8. The van der Waals surface area contributed by atoms with Crippen molar-refractivity contribution in [1.82, 2.24) is 25.9 Å². The number of hydrogen-bond donors (Lipinski definition) is 6. The number of phosphoric acid groups is 1. The number of hydrazine groups is 2. The highest BCUT2D eigenvalue weighted by atomic mass is 35.5. The quantitative estimate of drug-likeness (QED) is 0.0503. The Kier molecular flexibility index (Phi) is 11.4. The van der Waals surface area contributed by atoms with E-state index in [0.717, 1.165) is 6.07 Å². The first-order valence-corrected chi connectivity index (χ1v) is 17.8. The molecule has 14 nitrogen and oxygen atoms in total. The predicted molar refractivity (Wildman–Crippen MR) is 182 cm³/mol. The second kappa shape index (κ2) is 15.1. The Morgan fingerprint density at radius 3 is 2.59 bits per heavy atom. The topological polar surface area (TPSA) is 188 Å². The van der Waals surface area contributed by atoms with Crippen LogP contribution in [0.15, 0.2) is 42.4 Å². The van der Waals surface area contributed by atoms with Crippen molar-refractivity contribution >= 4 is 41.7 Å². The number of ether oxygens (including phenoxy) is 1. The first-order chi connectivity index (χ1) is 23.9. The van der Waals surface area contributed by atoms with E-state index in [1.165, 1.54) is 34.4 Å². The molecule has 1 aromatic carbocycles. The smallest absolute Gasteiger partial charge is 0.383 e. The summed E-state index contributed by atoms with van der Waals surface area (Å²) >= 11 is 6.84. The summed E-state index contributed by atoms with van der Waals surface area (Å²) < 4.78 is 64.1. The first kappa shape index (κ1) is 38.5. The SMILES string of the molecule is Cc1nc(F)ccc1[C@@H](C1=CN(C2(C(F)F)CC2)NN1)N(c1cc(Cl)c2ncc(C#N)c(NCC(C)(C)C)c2c1)C(O)OCCCOP(=O)(O)O. The third-order valence-electron chi connectivity index (χ3n) is 8.37. The van der Waals surface area contributed by atoms with Crippen LogP contribution in [0.5, 0.6) is 0 Å². The van der Waals surface area contributed by atoms with Crippen LogP contribution in [-0.4, -0.2) is 68.0 Å². The number of nitrogens with zero attached hydrogens (tertiary/aromatic N) is 5. The zero-order valence-corrected chi connectivity index (χ0v) is 29.9. The summed E-state index contributed by atoms with van der Waals surface area (Å²) in [5.74, 6) is -0.774. The number of nitrogens with one attached hydrogen (secondary N) is 3. The van der Waals surface area contributed by atoms with Crippen molar-refractivity contribution in [1.29, 1.82) is 5.26 Å². The van der Waals surface area contributed by atoms with Gasteiger partial charge in [0.15, 0.2) is 0 Å². The lowest BCUT2D eigenvalue weighted by atomic mass is 9.96. The standard InChI is InChI=1S/C32H39ClF3N8O6P/c1-18-21(6-7-25(34)40-18)28(24-16-43(42-41-24)32(8-9-32)29(35)36)44(30(45)49-10-5-11-50-51(46,47)48)20-12-22-26(39-17-31(2,3)4)19(14-37)15-38-27(22)23(33)13-20/h6-7,12-13,15-16,28-30,41-42,45H,5,8-11,17H2,1-4H3,(H,38,39)(H2,46,47,48)/t28-,30?/m0/s1. The van der Waals surface area contributed by atoms with Gasteiger partial charge in [-0.2, -0.15) is 9.65 Å². The van der Waals surface area contributed by atoms with Gasteiger partial charge in [-0.05, 0) is 49.8 Å². The summed E-state index contributed by atoms with van der Waals surface area (Å²) in [4.78, 5) is 27.8. The van der Waals surface area contributed by atoms with Crippen LogP contribution in [0.3, 0.4) is 0 Å². The van der Waals surface area contributed by atoms with Gasteiger partial charge in [-0.3, -0.25) is 14.5 Å². The second-order valence-corrected chi connectivity index (χ2v) is 15.1. The molecule has 0 amide bonds. The number of rotatable bonds is 15. The molecule has 276 valence electrons. The maximum Gasteiger partial charge on any atom is 0.469 e. The third-order valence-corrected chi connectivity index (χ3v) is 9.18. The molecule has 0 radical (unpaired) electrons. The van der Waals surface area contributed by atoms with E-state index < -0.39 is 44.8 Å². The average molecular weight is 755 g/mol. The van der Waals surface area contributed by atoms with Crippen LogP contribution in [0.2, 0.25) is 5.02 Å². The number of fused-ring (bicyclic) bond motifs is 1. The van der Waals surface area contributed by atoms with Crippen LogP contribution in [0.4, 0.5) is 24.5 Å². The van der Waals surface area contributed by atoms with Crippen LogP contribution in [0.25, 0.3) is 10.9 Å². The molecule has 0 bridgehead atoms. The van der Waals surface area contributed by atoms with Crippen LogP contribution >= 0.6 is 19.4 Å². The van der Waals surface area contributed by atoms with Gasteiger partial charge in [-0.25, -0.2) is 18.3 Å². The number of benzene rings is 1. The van der Waals surface area contributed by atoms with E-state index in [2.05, 4.69) is 36.8 Å². The van der Waals surface area contributed by atoms with Gasteiger partial charge in [0.25, 0.3) is 6.43 Å². The van der Waals surface area contributed by atoms with Gasteiger partial charge >= 0.3 is 7.82 Å². The number of anilines is 2. The molecular formula is C32H39ClF3N8O6P. The van der Waals surface area contributed by atoms with Crippen molar-refractivity contribution in [2.75, 3.05) is 30.0 Å². The van der Waals surface area contributed by atoms with Gasteiger partial charge in [0.05, 0.1) is 40.7 Å². The molecule has 1 unspecified atom stereocenters. The highest BCUT2D eigenvalue weighted by Gasteiger charge is 2.57. The Hall–Kier alpha value is -3.72. The highest BCUT2D eigenvalue weighted by Crippen LogP contribution is 2.48. The van der Waals surface area contributed by atoms with E-state index in [4.69, 9.17) is 26.1 Å². The van der Waals surface area contributed by atoms with E-state index in [1.54, 1.807) is 13.0 Å². The molecule has 3 heterocycles. The Balaban J connectivity index is 1.67. The summed E-state index contributed by atoms with van der Waals surface area (Å²) in [6.45, 7) is 7.39. The second-order valence-electron chi connectivity index (χ2n) is 13.5. The predicted octanol–water partition coefficient (Wildman–Crippen LogP) is 5.36. The Bertz CT molecular complexity index is 1880. The Labute approximate surface area is 297 Å². The van der Waals surface area contributed by atoms with E-state index >= 15 is 0 Å². The summed E-state index contributed by atoms with van der Waals surface area (Å²) in [7, 11) is -4.75. The molecule has 3 aromatic rings. The Morgan fingerprint density at radius 1 is 1.25 bits per heavy atom. The van der Waals surface area contributed by atoms with Crippen molar-refractivity contribution < 1.29 is 41.9 Å². The molecule has 2 aliphatic rings. The number of aliphatic hydroxyl groups is 1. The first-order valence-electron chi connectivity index (χ1n) is 15.9. The minimum absolute atomic E-state index is 0.0419. The van der Waals surface area contributed by atoms with Crippen molar-refractivity contribution in [2.24, 2.45) is 5.41 Å². The van der Waals surface area contributed by atoms with Crippen molar-refractivity contribution in [3.05, 3.63) is 70.2 Å². The van der Waals surface area contributed by atoms with Crippen molar-refractivity contribution in [3.63, 3.8) is 0 Å². The molecular weight excluding hydrogens is 716 g/mol. The Morgan fingerprint density at radius 2 is 1.98 bits per heavy atom. The fourth-order valence-electron chi connectivity index (χ4n) is 5.64. The lowest BCUT2D eigenvalue weighted by Crippen LogP contribution is -2.49. The lowest BCUT2D eigenvalue weighted by molar-refractivity contribution is -0.105. The number of pyridine rings is 2. The number of halogens is 4. The third kappa shape index (κ3) is 8.85. The van der Waals surface area contributed by atoms with Gasteiger partial charge in [0, 0.05) is 41.3 Å². The molecule has 0 saturated heterocycles. The fourth-order valence-corrected chi connectivity index (χ4v) is 6.26. The lowest BCUT2D eigenvalue weighted by Gasteiger charge is -2.38. The molecule has 2 atom stereocenters. The van der Waals surface area contributed by atoms with E-state index in [-0.39, 0.29) is 58.9 Å².